The topological polar surface area (TPSA) is 60.9 Å². The Morgan fingerprint density at radius 3 is 2.37 bits per heavy atom. The molecule has 1 aromatic heterocycles. The average molecular weight is 561 g/mol. The number of pyridine rings is 1. The van der Waals surface area contributed by atoms with Crippen molar-refractivity contribution in [1.29, 1.82) is 0 Å². The van der Waals surface area contributed by atoms with E-state index in [1.54, 1.807) is 12.1 Å². The van der Waals surface area contributed by atoms with Crippen LogP contribution in [0.15, 0.2) is 48.5 Å². The van der Waals surface area contributed by atoms with Gasteiger partial charge in [0, 0.05) is 48.6 Å². The number of rotatable bonds is 9. The third kappa shape index (κ3) is 6.89. The normalized spacial score (nSPS) is 16.4. The van der Waals surface area contributed by atoms with Crippen LogP contribution in [0.4, 0.5) is 10.1 Å². The molecule has 2 fully saturated rings. The molecule has 2 saturated heterocycles. The summed E-state index contributed by atoms with van der Waals surface area (Å²) >= 11 is 0. The van der Waals surface area contributed by atoms with Crippen molar-refractivity contribution in [3.63, 3.8) is 0 Å². The number of aryl methyl sites for hydroxylation is 2. The van der Waals surface area contributed by atoms with Gasteiger partial charge in [0.15, 0.2) is 0 Å². The minimum absolute atomic E-state index is 0.169. The van der Waals surface area contributed by atoms with Crippen LogP contribution in [-0.4, -0.2) is 50.0 Å². The van der Waals surface area contributed by atoms with Gasteiger partial charge in [-0.3, -0.25) is 9.78 Å². The molecule has 2 aliphatic heterocycles. The molecule has 41 heavy (non-hydrogen) atoms. The van der Waals surface area contributed by atoms with Crippen LogP contribution in [0, 0.1) is 25.1 Å². The smallest absolute Gasteiger partial charge is 0.310 e. The lowest BCUT2D eigenvalue weighted by Gasteiger charge is -2.41. The van der Waals surface area contributed by atoms with E-state index >= 15 is 0 Å². The molecule has 0 amide bonds. The predicted molar refractivity (Wildman–Crippen MR) is 159 cm³/mol. The molecule has 0 unspecified atom stereocenters. The summed E-state index contributed by atoms with van der Waals surface area (Å²) in [6.45, 7) is 11.8. The molecule has 1 spiro atoms. The van der Waals surface area contributed by atoms with Crippen molar-refractivity contribution >= 4 is 11.7 Å². The summed E-state index contributed by atoms with van der Waals surface area (Å²) < 4.78 is 30.5. The average Bonchev–Trinajstić information content (AvgIpc) is 3.39. The quantitative estimate of drug-likeness (QED) is 0.274. The molecule has 3 heterocycles. The molecule has 7 heteroatoms. The van der Waals surface area contributed by atoms with Gasteiger partial charge in [0.25, 0.3) is 0 Å². The molecular weight excluding hydrogens is 519 g/mol. The summed E-state index contributed by atoms with van der Waals surface area (Å²) in [5, 5.41) is 0. The Kier molecular flexibility index (Phi) is 8.93. The number of benzene rings is 2. The maximum absolute atomic E-state index is 13.2. The van der Waals surface area contributed by atoms with Gasteiger partial charge in [-0.05, 0) is 87.8 Å². The van der Waals surface area contributed by atoms with Crippen molar-refractivity contribution in [3.8, 4) is 16.9 Å². The first-order valence-corrected chi connectivity index (χ1v) is 14.7. The van der Waals surface area contributed by atoms with Crippen LogP contribution in [0.3, 0.4) is 0 Å². The summed E-state index contributed by atoms with van der Waals surface area (Å²) in [5.41, 5.74) is 7.24. The first-order chi connectivity index (χ1) is 19.7. The maximum Gasteiger partial charge on any atom is 0.310 e. The molecule has 0 bridgehead atoms. The second-order valence-corrected chi connectivity index (χ2v) is 11.7. The van der Waals surface area contributed by atoms with Crippen LogP contribution in [0.2, 0.25) is 0 Å². The van der Waals surface area contributed by atoms with Gasteiger partial charge in [-0.2, -0.15) is 0 Å². The number of nitrogens with zero attached hydrogens (tertiary/aromatic N) is 2. The summed E-state index contributed by atoms with van der Waals surface area (Å²) in [6, 6.07) is 14.6. The van der Waals surface area contributed by atoms with Gasteiger partial charge in [-0.15, -0.1) is 0 Å². The standard InChI is InChI=1S/C34H41FN2O4/c1-23(2)41-31(38)21-30-24(3)36-25(4)32(33(30)37-17-14-34(15-18-37)16-20-39-22-34)27-7-11-29(12-8-27)40-19-13-26-5-9-28(35)10-6-26/h5-12,23H,13-22H2,1-4H3. The monoisotopic (exact) mass is 560 g/mol. The number of piperidine rings is 1. The van der Waals surface area contributed by atoms with Crippen molar-refractivity contribution in [2.75, 3.05) is 37.8 Å². The first kappa shape index (κ1) is 29.1. The van der Waals surface area contributed by atoms with Gasteiger partial charge in [0.2, 0.25) is 0 Å². The number of carbonyl (C=O) groups excluding carboxylic acids is 1. The van der Waals surface area contributed by atoms with Crippen LogP contribution in [0.25, 0.3) is 11.1 Å². The molecule has 2 aromatic carbocycles. The highest BCUT2D eigenvalue weighted by atomic mass is 19.1. The fourth-order valence-corrected chi connectivity index (χ4v) is 6.13. The van der Waals surface area contributed by atoms with E-state index in [4.69, 9.17) is 19.2 Å². The van der Waals surface area contributed by atoms with Crippen molar-refractivity contribution < 1.29 is 23.4 Å². The van der Waals surface area contributed by atoms with Crippen LogP contribution in [-0.2, 0) is 27.1 Å². The summed E-state index contributed by atoms with van der Waals surface area (Å²) in [5.74, 6) is 0.308. The molecule has 2 aliphatic rings. The first-order valence-electron chi connectivity index (χ1n) is 14.7. The zero-order valence-corrected chi connectivity index (χ0v) is 24.7. The van der Waals surface area contributed by atoms with Crippen molar-refractivity contribution in [3.05, 3.63) is 76.9 Å². The van der Waals surface area contributed by atoms with E-state index in [0.29, 0.717) is 13.0 Å². The van der Waals surface area contributed by atoms with Gasteiger partial charge < -0.3 is 19.1 Å². The van der Waals surface area contributed by atoms with E-state index in [-0.39, 0.29) is 29.7 Å². The Morgan fingerprint density at radius 1 is 1.02 bits per heavy atom. The second kappa shape index (κ2) is 12.6. The Bertz CT molecular complexity index is 1340. The SMILES string of the molecule is Cc1nc(C)c(-c2ccc(OCCc3ccc(F)cc3)cc2)c(N2CCC3(CCOC3)CC2)c1CC(=O)OC(C)C. The summed E-state index contributed by atoms with van der Waals surface area (Å²) in [6.07, 6.45) is 3.99. The molecule has 5 rings (SSSR count). The van der Waals surface area contributed by atoms with Gasteiger partial charge in [0.1, 0.15) is 11.6 Å². The molecular formula is C34H41FN2O4. The minimum Gasteiger partial charge on any atom is -0.493 e. The van der Waals surface area contributed by atoms with E-state index in [0.717, 1.165) is 90.6 Å². The molecule has 0 radical (unpaired) electrons. The fraction of sp³-hybridized carbons (Fsp3) is 0.471. The lowest BCUT2D eigenvalue weighted by molar-refractivity contribution is -0.146. The predicted octanol–water partition coefficient (Wildman–Crippen LogP) is 6.63. The van der Waals surface area contributed by atoms with Gasteiger partial charge in [-0.25, -0.2) is 4.39 Å². The summed E-state index contributed by atoms with van der Waals surface area (Å²) in [4.78, 5) is 20.2. The second-order valence-electron chi connectivity index (χ2n) is 11.7. The number of esters is 1. The lowest BCUT2D eigenvalue weighted by atomic mass is 9.77. The van der Waals surface area contributed by atoms with Crippen LogP contribution >= 0.6 is 0 Å². The zero-order valence-electron chi connectivity index (χ0n) is 24.7. The highest BCUT2D eigenvalue weighted by Crippen LogP contribution is 2.44. The van der Waals surface area contributed by atoms with Crippen molar-refractivity contribution in [1.82, 2.24) is 4.98 Å². The molecule has 0 aliphatic carbocycles. The molecule has 6 nitrogen and oxygen atoms in total. The number of halogens is 1. The van der Waals surface area contributed by atoms with Crippen molar-refractivity contribution in [2.24, 2.45) is 5.41 Å². The molecule has 0 atom stereocenters. The Hall–Kier alpha value is -3.45. The van der Waals surface area contributed by atoms with Gasteiger partial charge in [-0.1, -0.05) is 24.3 Å². The van der Waals surface area contributed by atoms with E-state index < -0.39 is 0 Å². The number of hydrogen-bond donors (Lipinski definition) is 0. The van der Waals surface area contributed by atoms with E-state index in [2.05, 4.69) is 17.0 Å². The van der Waals surface area contributed by atoms with Gasteiger partial charge in [0.05, 0.1) is 31.4 Å². The molecule has 0 N–H and O–H groups in total. The number of ether oxygens (including phenoxy) is 3. The van der Waals surface area contributed by atoms with Gasteiger partial charge >= 0.3 is 5.97 Å². The van der Waals surface area contributed by atoms with E-state index in [1.807, 2.05) is 39.8 Å². The van der Waals surface area contributed by atoms with E-state index in [1.165, 1.54) is 12.1 Å². The van der Waals surface area contributed by atoms with Crippen LogP contribution in [0.1, 0.15) is 55.6 Å². The number of aromatic nitrogens is 1. The van der Waals surface area contributed by atoms with Crippen LogP contribution < -0.4 is 9.64 Å². The Morgan fingerprint density at radius 2 is 1.73 bits per heavy atom. The van der Waals surface area contributed by atoms with Crippen molar-refractivity contribution in [2.45, 2.75) is 65.9 Å². The largest absolute Gasteiger partial charge is 0.493 e. The highest BCUT2D eigenvalue weighted by Gasteiger charge is 2.39. The number of carbonyl (C=O) groups is 1. The molecule has 0 saturated carbocycles. The Balaban J connectivity index is 1.42. The minimum atomic E-state index is -0.234. The Labute approximate surface area is 242 Å². The van der Waals surface area contributed by atoms with Crippen LogP contribution in [0.5, 0.6) is 5.75 Å². The van der Waals surface area contributed by atoms with E-state index in [9.17, 15) is 9.18 Å². The number of hydrogen-bond acceptors (Lipinski definition) is 6. The highest BCUT2D eigenvalue weighted by molar-refractivity contribution is 5.87. The number of anilines is 1. The third-order valence-corrected chi connectivity index (χ3v) is 8.39. The third-order valence-electron chi connectivity index (χ3n) is 8.39. The molecule has 3 aromatic rings. The zero-order chi connectivity index (χ0) is 29.0. The maximum atomic E-state index is 13.2. The lowest BCUT2D eigenvalue weighted by Crippen LogP contribution is -2.41. The molecule has 218 valence electrons. The summed E-state index contributed by atoms with van der Waals surface area (Å²) in [7, 11) is 0. The fourth-order valence-electron chi connectivity index (χ4n) is 6.13.